The molecule has 15 nitrogen and oxygen atoms in total. The van der Waals surface area contributed by atoms with E-state index in [0.29, 0.717) is 69.7 Å². The van der Waals surface area contributed by atoms with Gasteiger partial charge >= 0.3 is 0 Å². The van der Waals surface area contributed by atoms with Gasteiger partial charge in [-0.05, 0) is 114 Å². The molecule has 8 rings (SSSR count). The van der Waals surface area contributed by atoms with Crippen LogP contribution in [0.2, 0.25) is 23.2 Å². The second-order valence-corrected chi connectivity index (χ2v) is 26.2. The number of anilines is 2. The maximum atomic E-state index is 14.1. The average Bonchev–Trinajstić information content (AvgIpc) is 3.83. The van der Waals surface area contributed by atoms with Crippen molar-refractivity contribution in [1.82, 2.24) is 14.6 Å². The number of nitrogens with zero attached hydrogens (tertiary/aromatic N) is 4. The minimum atomic E-state index is -4.59. The molecule has 1 amide bonds. The molecule has 2 aliphatic rings. The Hall–Kier alpha value is -5.95. The van der Waals surface area contributed by atoms with Crippen LogP contribution in [0.1, 0.15) is 49.5 Å². The smallest absolute Gasteiger partial charge is 0.293 e. The van der Waals surface area contributed by atoms with Gasteiger partial charge in [-0.25, -0.2) is 13.1 Å². The lowest BCUT2D eigenvalue weighted by molar-refractivity contribution is -0.384. The van der Waals surface area contributed by atoms with Crippen molar-refractivity contribution in [2.75, 3.05) is 69.5 Å². The van der Waals surface area contributed by atoms with E-state index in [0.717, 1.165) is 58.2 Å². The zero-order chi connectivity index (χ0) is 49.8. The largest absolute Gasteiger partial charge is 0.491 e. The summed E-state index contributed by atoms with van der Waals surface area (Å²) in [7, 11) is -4.75. The minimum absolute atomic E-state index is 0.0155. The Labute approximate surface area is 416 Å². The second kappa shape index (κ2) is 21.2. The van der Waals surface area contributed by atoms with Crippen LogP contribution >= 0.6 is 11.6 Å². The third-order valence-electron chi connectivity index (χ3n) is 13.8. The van der Waals surface area contributed by atoms with Crippen LogP contribution in [0.4, 0.5) is 17.1 Å². The second-order valence-electron chi connectivity index (χ2n) is 19.3. The van der Waals surface area contributed by atoms with Gasteiger partial charge in [-0.3, -0.25) is 19.8 Å². The number of rotatable bonds is 17. The van der Waals surface area contributed by atoms with E-state index in [9.17, 15) is 23.3 Å². The van der Waals surface area contributed by atoms with Crippen LogP contribution in [0.3, 0.4) is 0 Å². The number of aromatic nitrogens is 1. The fourth-order valence-electron chi connectivity index (χ4n) is 8.64. The molecule has 0 unspecified atom stereocenters. The Morgan fingerprint density at radius 3 is 2.39 bits per heavy atom. The SMILES string of the molecule is CN(c1ccc(S(=O)(=O)NC(=O)c2ccc(N3CCN(Cc4cc(OCCO[Si](C)(C)C(C)(C)C)ccc4-c4ccc(Cl)cc4)CC3)cc2Oc2cccc3[nH]ccc23)cc1[N+](=O)[O-])C1CCOCC1. The van der Waals surface area contributed by atoms with E-state index in [-0.39, 0.29) is 33.8 Å². The number of ether oxygens (including phenoxy) is 3. The van der Waals surface area contributed by atoms with E-state index in [4.69, 9.17) is 30.2 Å². The predicted octanol–water partition coefficient (Wildman–Crippen LogP) is 10.6. The van der Waals surface area contributed by atoms with Crippen LogP contribution in [0, 0.1) is 10.1 Å². The fraction of sp³-hybridized carbons (Fsp3) is 0.365. The summed E-state index contributed by atoms with van der Waals surface area (Å²) in [5.74, 6) is 0.422. The molecule has 6 aromatic rings. The summed E-state index contributed by atoms with van der Waals surface area (Å²) in [4.78, 5) is 34.9. The van der Waals surface area contributed by atoms with Crippen molar-refractivity contribution >= 4 is 63.8 Å². The number of hydrogen-bond acceptors (Lipinski definition) is 12. The number of fused-ring (bicyclic) bond motifs is 1. The Morgan fingerprint density at radius 1 is 0.929 bits per heavy atom. The topological polar surface area (TPSA) is 169 Å². The maximum Gasteiger partial charge on any atom is 0.293 e. The molecule has 18 heteroatoms. The van der Waals surface area contributed by atoms with Gasteiger partial charge in [0.2, 0.25) is 0 Å². The van der Waals surface area contributed by atoms with Crippen molar-refractivity contribution in [3.8, 4) is 28.4 Å². The highest BCUT2D eigenvalue weighted by Gasteiger charge is 2.37. The third-order valence-corrected chi connectivity index (χ3v) is 19.9. The van der Waals surface area contributed by atoms with Crippen LogP contribution in [-0.4, -0.2) is 103 Å². The van der Waals surface area contributed by atoms with Gasteiger partial charge in [0.25, 0.3) is 21.6 Å². The lowest BCUT2D eigenvalue weighted by Crippen LogP contribution is -2.46. The predicted molar refractivity (Wildman–Crippen MR) is 278 cm³/mol. The molecule has 0 radical (unpaired) electrons. The van der Waals surface area contributed by atoms with E-state index in [1.54, 1.807) is 42.4 Å². The number of nitrogens with one attached hydrogen (secondary N) is 2. The molecule has 0 spiro atoms. The summed E-state index contributed by atoms with van der Waals surface area (Å²) in [5, 5.41) is 13.8. The van der Waals surface area contributed by atoms with Gasteiger partial charge < -0.3 is 33.4 Å². The van der Waals surface area contributed by atoms with Crippen molar-refractivity contribution < 1.29 is 36.8 Å². The van der Waals surface area contributed by atoms with Crippen molar-refractivity contribution in [3.63, 3.8) is 0 Å². The lowest BCUT2D eigenvalue weighted by atomic mass is 9.98. The van der Waals surface area contributed by atoms with Crippen LogP contribution in [0.25, 0.3) is 22.0 Å². The number of nitro benzene ring substituents is 1. The number of carbonyl (C=O) groups is 1. The zero-order valence-corrected chi connectivity index (χ0v) is 43.1. The third kappa shape index (κ3) is 11.6. The van der Waals surface area contributed by atoms with Crippen molar-refractivity contribution in [2.24, 2.45) is 0 Å². The van der Waals surface area contributed by atoms with Crippen molar-refractivity contribution in [3.05, 3.63) is 136 Å². The number of H-pyrrole nitrogens is 1. The maximum absolute atomic E-state index is 14.1. The average molecular weight is 1010 g/mol. The number of sulfonamides is 1. The van der Waals surface area contributed by atoms with Gasteiger partial charge in [-0.1, -0.05) is 56.6 Å². The number of amides is 1. The van der Waals surface area contributed by atoms with Crippen molar-refractivity contribution in [2.45, 2.75) is 69.2 Å². The number of hydrogen-bond donors (Lipinski definition) is 2. The first-order chi connectivity index (χ1) is 33.4. The Morgan fingerprint density at radius 2 is 1.67 bits per heavy atom. The van der Waals surface area contributed by atoms with E-state index in [1.165, 1.54) is 12.1 Å². The van der Waals surface area contributed by atoms with Crippen LogP contribution in [0.15, 0.2) is 114 Å². The molecule has 2 N–H and O–H groups in total. The number of nitro groups is 1. The van der Waals surface area contributed by atoms with Crippen molar-refractivity contribution in [1.29, 1.82) is 0 Å². The lowest BCUT2D eigenvalue weighted by Gasteiger charge is -2.36. The molecule has 2 saturated heterocycles. The number of halogens is 1. The summed E-state index contributed by atoms with van der Waals surface area (Å²) < 4.78 is 54.5. The normalized spacial score (nSPS) is 15.2. The van der Waals surface area contributed by atoms with Gasteiger partial charge in [0.1, 0.15) is 29.5 Å². The van der Waals surface area contributed by atoms with Gasteiger partial charge in [0, 0.05) is 99.0 Å². The highest BCUT2D eigenvalue weighted by atomic mass is 35.5. The molecule has 0 bridgehead atoms. The molecule has 2 fully saturated rings. The van der Waals surface area contributed by atoms with E-state index < -0.39 is 34.1 Å². The monoisotopic (exact) mass is 1010 g/mol. The van der Waals surface area contributed by atoms with Gasteiger partial charge in [-0.15, -0.1) is 0 Å². The van der Waals surface area contributed by atoms with Gasteiger partial charge in [0.05, 0.1) is 22.0 Å². The van der Waals surface area contributed by atoms with Crippen LogP contribution < -0.4 is 24.0 Å². The van der Waals surface area contributed by atoms with Crippen LogP contribution in [0.5, 0.6) is 17.2 Å². The number of aromatic amines is 1. The van der Waals surface area contributed by atoms with Gasteiger partial charge in [0.15, 0.2) is 8.32 Å². The first kappa shape index (κ1) is 50.4. The molecule has 3 heterocycles. The van der Waals surface area contributed by atoms with E-state index in [1.807, 2.05) is 48.5 Å². The molecular weight excluding hydrogens is 948 g/mol. The number of piperazine rings is 1. The minimum Gasteiger partial charge on any atom is -0.491 e. The number of carbonyl (C=O) groups excluding carboxylic acids is 1. The molecule has 1 aromatic heterocycles. The van der Waals surface area contributed by atoms with Crippen LogP contribution in [-0.2, 0) is 25.7 Å². The van der Waals surface area contributed by atoms with E-state index in [2.05, 4.69) is 65.5 Å². The first-order valence-electron chi connectivity index (χ1n) is 23.5. The molecule has 370 valence electrons. The molecule has 70 heavy (non-hydrogen) atoms. The Kier molecular flexibility index (Phi) is 15.3. The number of benzene rings is 5. The standard InChI is InChI=1S/C52H61ClN6O9SSi/c1-52(2,3)70(5,6)67-31-30-66-41-15-18-43(36-10-12-38(53)13-11-36)37(32-41)35-57-24-26-58(27-25-57)40-14-17-45(50(33-40)68-49-9-7-8-46-44(49)20-23-54-46)51(60)55-69(63,64)42-16-19-47(48(34-42)59(61)62)56(4)39-21-28-65-29-22-39/h7-20,23,32-34,39,54H,21-22,24-31,35H2,1-6H3,(H,55,60). The molecule has 2 aliphatic heterocycles. The van der Waals surface area contributed by atoms with Gasteiger partial charge in [-0.2, -0.15) is 0 Å². The summed E-state index contributed by atoms with van der Waals surface area (Å²) >= 11 is 6.28. The summed E-state index contributed by atoms with van der Waals surface area (Å²) in [6, 6.07) is 30.2. The highest BCUT2D eigenvalue weighted by Crippen LogP contribution is 2.38. The molecule has 5 aromatic carbocycles. The summed E-state index contributed by atoms with van der Waals surface area (Å²) in [6.07, 6.45) is 3.14. The molecule has 0 saturated carbocycles. The summed E-state index contributed by atoms with van der Waals surface area (Å²) in [5.41, 5.74) is 4.71. The summed E-state index contributed by atoms with van der Waals surface area (Å²) in [6.45, 7) is 16.6. The molecule has 0 atom stereocenters. The Balaban J connectivity index is 1.00. The zero-order valence-electron chi connectivity index (χ0n) is 40.5. The molecule has 0 aliphatic carbocycles. The molecular formula is C52H61ClN6O9SSi. The quantitative estimate of drug-likeness (QED) is 0.0384. The van der Waals surface area contributed by atoms with E-state index >= 15 is 0 Å². The Bertz CT molecular complexity index is 2950. The first-order valence-corrected chi connectivity index (χ1v) is 28.3. The fourth-order valence-corrected chi connectivity index (χ4v) is 10.8. The highest BCUT2D eigenvalue weighted by molar-refractivity contribution is 7.90.